The van der Waals surface area contributed by atoms with E-state index in [9.17, 15) is 4.79 Å². The third-order valence-corrected chi connectivity index (χ3v) is 4.26. The molecule has 0 saturated heterocycles. The quantitative estimate of drug-likeness (QED) is 0.784. The molecule has 1 atom stereocenters. The van der Waals surface area contributed by atoms with Crippen LogP contribution in [0, 0.1) is 5.92 Å². The number of fused-ring (bicyclic) bond motifs is 1. The Morgan fingerprint density at radius 1 is 1.27 bits per heavy atom. The summed E-state index contributed by atoms with van der Waals surface area (Å²) in [6, 6.07) is 5.93. The smallest absolute Gasteiger partial charge is 0.223 e. The highest BCUT2D eigenvalue weighted by Gasteiger charge is 2.19. The molecular formula is C18H23NO3. The topological polar surface area (TPSA) is 38.8 Å². The lowest BCUT2D eigenvalue weighted by Gasteiger charge is -2.24. The molecule has 1 heterocycles. The zero-order valence-electron chi connectivity index (χ0n) is 13.1. The molecule has 1 amide bonds. The second-order valence-corrected chi connectivity index (χ2v) is 5.86. The lowest BCUT2D eigenvalue weighted by Crippen LogP contribution is -2.31. The number of nitrogens with zero attached hydrogens (tertiary/aromatic N) is 1. The second kappa shape index (κ2) is 6.86. The van der Waals surface area contributed by atoms with Crippen molar-refractivity contribution < 1.29 is 14.3 Å². The molecule has 0 N–H and O–H groups in total. The first kappa shape index (κ1) is 14.9. The molecule has 0 aromatic heterocycles. The average molecular weight is 301 g/mol. The van der Waals surface area contributed by atoms with Gasteiger partial charge in [0.05, 0.1) is 0 Å². The molecule has 4 nitrogen and oxygen atoms in total. The molecule has 2 aliphatic rings. The summed E-state index contributed by atoms with van der Waals surface area (Å²) in [4.78, 5) is 14.4. The van der Waals surface area contributed by atoms with Crippen molar-refractivity contribution >= 4 is 5.91 Å². The molecule has 1 aromatic rings. The molecule has 0 spiro atoms. The number of allylic oxidation sites excluding steroid dienone is 2. The van der Waals surface area contributed by atoms with Crippen molar-refractivity contribution in [2.75, 3.05) is 19.8 Å². The fraction of sp³-hybridized carbons (Fsp3) is 0.500. The average Bonchev–Trinajstić information content (AvgIpc) is 3.05. The number of amides is 1. The van der Waals surface area contributed by atoms with Gasteiger partial charge in [-0.05, 0) is 43.4 Å². The summed E-state index contributed by atoms with van der Waals surface area (Å²) in [6.45, 7) is 4.56. The van der Waals surface area contributed by atoms with Gasteiger partial charge in [0, 0.05) is 19.5 Å². The summed E-state index contributed by atoms with van der Waals surface area (Å²) in [7, 11) is 0. The molecule has 22 heavy (non-hydrogen) atoms. The minimum atomic E-state index is 0.230. The van der Waals surface area contributed by atoms with Gasteiger partial charge >= 0.3 is 0 Å². The van der Waals surface area contributed by atoms with Gasteiger partial charge in [0.25, 0.3) is 0 Å². The summed E-state index contributed by atoms with van der Waals surface area (Å²) >= 11 is 0. The lowest BCUT2D eigenvalue weighted by atomic mass is 10.0. The van der Waals surface area contributed by atoms with Gasteiger partial charge in [-0.15, -0.1) is 0 Å². The molecule has 4 heteroatoms. The number of ether oxygens (including phenoxy) is 2. The monoisotopic (exact) mass is 301 g/mol. The third-order valence-electron chi connectivity index (χ3n) is 4.26. The molecule has 0 radical (unpaired) electrons. The summed E-state index contributed by atoms with van der Waals surface area (Å²) in [5.74, 6) is 2.22. The highest BCUT2D eigenvalue weighted by molar-refractivity contribution is 5.76. The molecule has 118 valence electrons. The van der Waals surface area contributed by atoms with E-state index in [-0.39, 0.29) is 5.91 Å². The number of carbonyl (C=O) groups excluding carboxylic acids is 1. The summed E-state index contributed by atoms with van der Waals surface area (Å²) in [6.07, 6.45) is 7.18. The van der Waals surface area contributed by atoms with E-state index >= 15 is 0 Å². The second-order valence-electron chi connectivity index (χ2n) is 5.86. The van der Waals surface area contributed by atoms with Gasteiger partial charge in [0.2, 0.25) is 5.91 Å². The molecule has 0 unspecified atom stereocenters. The van der Waals surface area contributed by atoms with E-state index in [4.69, 9.17) is 9.47 Å². The van der Waals surface area contributed by atoms with Crippen molar-refractivity contribution in [2.24, 2.45) is 5.92 Å². The fourth-order valence-corrected chi connectivity index (χ4v) is 3.00. The molecule has 0 fully saturated rings. The normalized spacial score (nSPS) is 19.2. The number of carbonyl (C=O) groups is 1. The van der Waals surface area contributed by atoms with Crippen molar-refractivity contribution in [3.63, 3.8) is 0 Å². The Morgan fingerprint density at radius 3 is 2.82 bits per heavy atom. The Labute approximate surface area is 131 Å². The van der Waals surface area contributed by atoms with Crippen LogP contribution >= 0.6 is 0 Å². The number of hydrogen-bond acceptors (Lipinski definition) is 3. The first-order valence-electron chi connectivity index (χ1n) is 8.09. The van der Waals surface area contributed by atoms with Gasteiger partial charge in [-0.3, -0.25) is 4.79 Å². The van der Waals surface area contributed by atoms with Crippen LogP contribution in [0.25, 0.3) is 0 Å². The van der Waals surface area contributed by atoms with E-state index in [0.29, 0.717) is 32.1 Å². The van der Waals surface area contributed by atoms with E-state index in [0.717, 1.165) is 36.4 Å². The molecule has 1 aromatic carbocycles. The standard InChI is InChI=1S/C18H23NO3/c1-2-19(18(20)12-14-5-3-4-6-14)13-15-7-8-16-17(11-15)22-10-9-21-16/h3,5,7-8,11,14H,2,4,6,9-10,12-13H2,1H3/t14-/m1/s1. The lowest BCUT2D eigenvalue weighted by molar-refractivity contribution is -0.132. The van der Waals surface area contributed by atoms with Crippen LogP contribution in [-0.2, 0) is 11.3 Å². The Morgan fingerprint density at radius 2 is 2.09 bits per heavy atom. The number of benzene rings is 1. The maximum atomic E-state index is 12.5. The van der Waals surface area contributed by atoms with Gasteiger partial charge in [-0.1, -0.05) is 18.2 Å². The van der Waals surface area contributed by atoms with Crippen molar-refractivity contribution in [3.8, 4) is 11.5 Å². The number of hydrogen-bond donors (Lipinski definition) is 0. The van der Waals surface area contributed by atoms with Crippen LogP contribution < -0.4 is 9.47 Å². The summed E-state index contributed by atoms with van der Waals surface area (Å²) in [5, 5.41) is 0. The van der Waals surface area contributed by atoms with Crippen LogP contribution in [0.1, 0.15) is 31.7 Å². The number of rotatable bonds is 5. The van der Waals surface area contributed by atoms with E-state index in [2.05, 4.69) is 12.2 Å². The molecule has 1 aliphatic carbocycles. The molecule has 1 aliphatic heterocycles. The maximum absolute atomic E-state index is 12.5. The van der Waals surface area contributed by atoms with Crippen LogP contribution in [0.3, 0.4) is 0 Å². The minimum Gasteiger partial charge on any atom is -0.486 e. The Balaban J connectivity index is 1.64. The fourth-order valence-electron chi connectivity index (χ4n) is 3.00. The van der Waals surface area contributed by atoms with Crippen LogP contribution in [0.15, 0.2) is 30.4 Å². The highest BCUT2D eigenvalue weighted by atomic mass is 16.6. The van der Waals surface area contributed by atoms with Crippen LogP contribution in [-0.4, -0.2) is 30.6 Å². The SMILES string of the molecule is CCN(Cc1ccc2c(c1)OCCO2)C(=O)C[C@@H]1C=CCC1. The molecule has 0 saturated carbocycles. The minimum absolute atomic E-state index is 0.230. The van der Waals surface area contributed by atoms with Gasteiger partial charge in [-0.2, -0.15) is 0 Å². The van der Waals surface area contributed by atoms with Crippen LogP contribution in [0.5, 0.6) is 11.5 Å². The van der Waals surface area contributed by atoms with Crippen molar-refractivity contribution in [1.82, 2.24) is 4.90 Å². The van der Waals surface area contributed by atoms with E-state index < -0.39 is 0 Å². The van der Waals surface area contributed by atoms with Crippen LogP contribution in [0.4, 0.5) is 0 Å². The first-order chi connectivity index (χ1) is 10.8. The Bertz CT molecular complexity index is 567. The zero-order valence-corrected chi connectivity index (χ0v) is 13.1. The van der Waals surface area contributed by atoms with Crippen molar-refractivity contribution in [3.05, 3.63) is 35.9 Å². The Hall–Kier alpha value is -1.97. The zero-order chi connectivity index (χ0) is 15.4. The summed E-state index contributed by atoms with van der Waals surface area (Å²) in [5.41, 5.74) is 1.08. The van der Waals surface area contributed by atoms with Crippen molar-refractivity contribution in [1.29, 1.82) is 0 Å². The predicted octanol–water partition coefficient (Wildman–Crippen LogP) is 3.16. The molecule has 3 rings (SSSR count). The molecular weight excluding hydrogens is 278 g/mol. The highest BCUT2D eigenvalue weighted by Crippen LogP contribution is 2.31. The van der Waals surface area contributed by atoms with Crippen molar-refractivity contribution in [2.45, 2.75) is 32.7 Å². The van der Waals surface area contributed by atoms with Gasteiger partial charge in [0.15, 0.2) is 11.5 Å². The predicted molar refractivity (Wildman–Crippen MR) is 85.0 cm³/mol. The maximum Gasteiger partial charge on any atom is 0.223 e. The van der Waals surface area contributed by atoms with E-state index in [1.165, 1.54) is 0 Å². The van der Waals surface area contributed by atoms with E-state index in [1.807, 2.05) is 30.0 Å². The van der Waals surface area contributed by atoms with E-state index in [1.54, 1.807) is 0 Å². The largest absolute Gasteiger partial charge is 0.486 e. The first-order valence-corrected chi connectivity index (χ1v) is 8.09. The van der Waals surface area contributed by atoms with Gasteiger partial charge in [0.1, 0.15) is 13.2 Å². The third kappa shape index (κ3) is 3.43. The van der Waals surface area contributed by atoms with Gasteiger partial charge in [-0.25, -0.2) is 0 Å². The summed E-state index contributed by atoms with van der Waals surface area (Å²) < 4.78 is 11.1. The van der Waals surface area contributed by atoms with Gasteiger partial charge < -0.3 is 14.4 Å². The molecule has 0 bridgehead atoms. The van der Waals surface area contributed by atoms with Crippen LogP contribution in [0.2, 0.25) is 0 Å². The Kier molecular flexibility index (Phi) is 4.66.